The minimum Gasteiger partial charge on any atom is -0.481 e. The molecule has 0 fully saturated rings. The Hall–Kier alpha value is -2.34. The number of carboxylic acid groups (broad SMARTS) is 2. The van der Waals surface area contributed by atoms with Gasteiger partial charge >= 0.3 is 11.9 Å². The smallest absolute Gasteiger partial charge is 0.326 e. The number of thioether (sulfide) groups is 1. The third-order valence-electron chi connectivity index (χ3n) is 4.44. The first kappa shape index (κ1) is 27.7. The molecule has 0 aliphatic rings. The quantitative estimate of drug-likeness (QED) is 0.197. The van der Waals surface area contributed by atoms with Gasteiger partial charge in [-0.3, -0.25) is 19.2 Å². The van der Waals surface area contributed by atoms with Crippen molar-refractivity contribution in [2.45, 2.75) is 64.2 Å². The first-order chi connectivity index (χ1) is 13.9. The predicted octanol–water partition coefficient (Wildman–Crippen LogP) is -0.853. The van der Waals surface area contributed by atoms with Gasteiger partial charge in [0.1, 0.15) is 18.1 Å². The summed E-state index contributed by atoms with van der Waals surface area (Å²) in [5.41, 5.74) is 5.52. The summed E-state index contributed by atoms with van der Waals surface area (Å²) in [6, 6.07) is -4.63. The zero-order valence-corrected chi connectivity index (χ0v) is 18.5. The van der Waals surface area contributed by atoms with E-state index in [-0.39, 0.29) is 12.3 Å². The average Bonchev–Trinajstić information content (AvgIpc) is 2.66. The number of aliphatic carboxylic acids is 2. The Morgan fingerprint density at radius 2 is 1.50 bits per heavy atom. The van der Waals surface area contributed by atoms with Gasteiger partial charge in [0.05, 0.1) is 12.5 Å². The molecule has 0 aliphatic carbocycles. The van der Waals surface area contributed by atoms with E-state index < -0.39 is 60.2 Å². The van der Waals surface area contributed by atoms with Crippen molar-refractivity contribution in [2.75, 3.05) is 12.0 Å². The van der Waals surface area contributed by atoms with E-state index in [0.29, 0.717) is 12.2 Å². The van der Waals surface area contributed by atoms with Gasteiger partial charge in [-0.2, -0.15) is 11.8 Å². The van der Waals surface area contributed by atoms with Crippen molar-refractivity contribution in [1.82, 2.24) is 16.0 Å². The van der Waals surface area contributed by atoms with Crippen molar-refractivity contribution in [3.05, 3.63) is 0 Å². The van der Waals surface area contributed by atoms with E-state index in [9.17, 15) is 29.1 Å². The molecule has 11 nitrogen and oxygen atoms in total. The lowest BCUT2D eigenvalue weighted by atomic mass is 9.97. The summed E-state index contributed by atoms with van der Waals surface area (Å²) >= 11 is 1.39. The van der Waals surface area contributed by atoms with Gasteiger partial charge in [-0.15, -0.1) is 0 Å². The summed E-state index contributed by atoms with van der Waals surface area (Å²) in [5, 5.41) is 25.4. The molecule has 0 aromatic heterocycles. The van der Waals surface area contributed by atoms with E-state index in [4.69, 9.17) is 10.8 Å². The highest BCUT2D eigenvalue weighted by Crippen LogP contribution is 2.10. The molecule has 0 radical (unpaired) electrons. The molecule has 0 aromatic rings. The molecule has 0 rings (SSSR count). The highest BCUT2D eigenvalue weighted by Gasteiger charge is 2.32. The molecule has 172 valence electrons. The Labute approximate surface area is 179 Å². The fourth-order valence-electron chi connectivity index (χ4n) is 2.40. The maximum atomic E-state index is 12.7. The minimum absolute atomic E-state index is 0.135. The van der Waals surface area contributed by atoms with E-state index in [0.717, 1.165) is 0 Å². The van der Waals surface area contributed by atoms with Gasteiger partial charge in [-0.25, -0.2) is 4.79 Å². The van der Waals surface area contributed by atoms with E-state index in [2.05, 4.69) is 16.0 Å². The zero-order chi connectivity index (χ0) is 23.4. The lowest BCUT2D eigenvalue weighted by molar-refractivity contribution is -0.143. The second-order valence-corrected chi connectivity index (χ2v) is 7.99. The fourth-order valence-corrected chi connectivity index (χ4v) is 2.87. The summed E-state index contributed by atoms with van der Waals surface area (Å²) in [7, 11) is 0. The van der Waals surface area contributed by atoms with Gasteiger partial charge in [0.15, 0.2) is 0 Å². The van der Waals surface area contributed by atoms with Crippen LogP contribution in [-0.4, -0.2) is 76.0 Å². The molecule has 12 heteroatoms. The number of hydrogen-bond acceptors (Lipinski definition) is 7. The molecular weight excluding hydrogens is 416 g/mol. The van der Waals surface area contributed by atoms with Gasteiger partial charge < -0.3 is 31.9 Å². The minimum atomic E-state index is -1.51. The molecule has 0 heterocycles. The summed E-state index contributed by atoms with van der Waals surface area (Å²) in [6.45, 7) is 4.96. The second kappa shape index (κ2) is 13.8. The first-order valence-corrected chi connectivity index (χ1v) is 10.9. The van der Waals surface area contributed by atoms with Crippen LogP contribution in [0.15, 0.2) is 0 Å². The predicted molar refractivity (Wildman–Crippen MR) is 112 cm³/mol. The largest absolute Gasteiger partial charge is 0.481 e. The Kier molecular flexibility index (Phi) is 12.7. The summed E-state index contributed by atoms with van der Waals surface area (Å²) in [4.78, 5) is 59.7. The lowest BCUT2D eigenvalue weighted by Crippen LogP contribution is -2.58. The molecule has 0 saturated carbocycles. The monoisotopic (exact) mass is 448 g/mol. The molecule has 5 atom stereocenters. The zero-order valence-electron chi connectivity index (χ0n) is 17.6. The Morgan fingerprint density at radius 3 is 1.93 bits per heavy atom. The van der Waals surface area contributed by atoms with Crippen molar-refractivity contribution in [3.63, 3.8) is 0 Å². The Bertz CT molecular complexity index is 630. The lowest BCUT2D eigenvalue weighted by Gasteiger charge is -2.27. The van der Waals surface area contributed by atoms with Gasteiger partial charge in [-0.1, -0.05) is 20.3 Å². The number of carbonyl (C=O) groups excluding carboxylic acids is 3. The van der Waals surface area contributed by atoms with Gasteiger partial charge in [0, 0.05) is 0 Å². The van der Waals surface area contributed by atoms with E-state index in [1.54, 1.807) is 20.1 Å². The highest BCUT2D eigenvalue weighted by molar-refractivity contribution is 7.98. The van der Waals surface area contributed by atoms with Crippen LogP contribution in [-0.2, 0) is 24.0 Å². The highest BCUT2D eigenvalue weighted by atomic mass is 32.2. The Balaban J connectivity index is 5.46. The second-order valence-electron chi connectivity index (χ2n) is 7.00. The maximum absolute atomic E-state index is 12.7. The number of rotatable bonds is 14. The fraction of sp³-hybridized carbons (Fsp3) is 0.722. The first-order valence-electron chi connectivity index (χ1n) is 9.54. The summed E-state index contributed by atoms with van der Waals surface area (Å²) < 4.78 is 0. The number of nitrogens with one attached hydrogen (secondary N) is 3. The van der Waals surface area contributed by atoms with Crippen LogP contribution in [0.2, 0.25) is 0 Å². The molecule has 30 heavy (non-hydrogen) atoms. The summed E-state index contributed by atoms with van der Waals surface area (Å²) in [5.74, 6) is -4.73. The van der Waals surface area contributed by atoms with Crippen LogP contribution in [0.3, 0.4) is 0 Å². The molecule has 0 aromatic carbocycles. The van der Waals surface area contributed by atoms with Crippen molar-refractivity contribution < 1.29 is 34.2 Å². The molecule has 5 unspecified atom stereocenters. The van der Waals surface area contributed by atoms with Crippen LogP contribution in [0, 0.1) is 5.92 Å². The van der Waals surface area contributed by atoms with Crippen LogP contribution >= 0.6 is 11.8 Å². The molecule has 3 amide bonds. The van der Waals surface area contributed by atoms with Gasteiger partial charge in [-0.05, 0) is 31.3 Å². The average molecular weight is 449 g/mol. The number of carboxylic acids is 2. The SMILES string of the molecule is CCC(C)C(NC(=O)C(C)N)C(=O)NC(CC(=O)O)C(=O)NC(CCSC)C(=O)O. The van der Waals surface area contributed by atoms with Crippen molar-refractivity contribution in [2.24, 2.45) is 11.7 Å². The van der Waals surface area contributed by atoms with E-state index >= 15 is 0 Å². The topological polar surface area (TPSA) is 188 Å². The molecule has 0 saturated heterocycles. The molecule has 0 spiro atoms. The molecule has 0 bridgehead atoms. The molecule has 0 aliphatic heterocycles. The Morgan fingerprint density at radius 1 is 0.933 bits per heavy atom. The van der Waals surface area contributed by atoms with Crippen molar-refractivity contribution in [1.29, 1.82) is 0 Å². The normalized spacial score (nSPS) is 15.8. The number of hydrogen-bond donors (Lipinski definition) is 6. The molecule has 7 N–H and O–H groups in total. The molecular formula is C18H32N4O7S. The summed E-state index contributed by atoms with van der Waals surface area (Å²) in [6.07, 6.45) is 1.68. The number of carbonyl (C=O) groups is 5. The third kappa shape index (κ3) is 9.92. The maximum Gasteiger partial charge on any atom is 0.326 e. The van der Waals surface area contributed by atoms with Crippen LogP contribution in [0.4, 0.5) is 0 Å². The van der Waals surface area contributed by atoms with Crippen molar-refractivity contribution in [3.8, 4) is 0 Å². The van der Waals surface area contributed by atoms with Crippen LogP contribution in [0.25, 0.3) is 0 Å². The van der Waals surface area contributed by atoms with E-state index in [1.807, 2.05) is 0 Å². The van der Waals surface area contributed by atoms with Gasteiger partial charge in [0.2, 0.25) is 17.7 Å². The van der Waals surface area contributed by atoms with Crippen LogP contribution < -0.4 is 21.7 Å². The van der Waals surface area contributed by atoms with Crippen LogP contribution in [0.1, 0.15) is 40.0 Å². The standard InChI is InChI=1S/C18H32N4O7S/c1-5-9(2)14(22-15(25)10(3)19)17(27)21-12(8-13(23)24)16(26)20-11(18(28)29)6-7-30-4/h9-12,14H,5-8,19H2,1-4H3,(H,20,26)(H,21,27)(H,22,25)(H,23,24)(H,28,29). The third-order valence-corrected chi connectivity index (χ3v) is 5.09. The number of amides is 3. The van der Waals surface area contributed by atoms with E-state index in [1.165, 1.54) is 18.7 Å². The van der Waals surface area contributed by atoms with Gasteiger partial charge in [0.25, 0.3) is 0 Å². The van der Waals surface area contributed by atoms with Crippen molar-refractivity contribution >= 4 is 41.4 Å². The number of nitrogens with two attached hydrogens (primary N) is 1. The van der Waals surface area contributed by atoms with Crippen LogP contribution in [0.5, 0.6) is 0 Å².